The molecule has 0 aliphatic carbocycles. The lowest BCUT2D eigenvalue weighted by atomic mass is 10.2. The molecule has 0 aliphatic heterocycles. The fourth-order valence-electron chi connectivity index (χ4n) is 1.58. The minimum Gasteiger partial charge on any atom is -0.497 e. The second-order valence-corrected chi connectivity index (χ2v) is 4.80. The average Bonchev–Trinajstić information content (AvgIpc) is 2.69. The number of aryl methyl sites for hydroxylation is 1. The van der Waals surface area contributed by atoms with Gasteiger partial charge in [0.05, 0.1) is 22.3 Å². The first-order valence-corrected chi connectivity index (χ1v) is 6.16. The molecule has 17 heavy (non-hydrogen) atoms. The van der Waals surface area contributed by atoms with Gasteiger partial charge in [-0.15, -0.1) is 11.3 Å². The standard InChI is InChI=1S/C12H13NO3S/c1-16-8-5-6-9-10(7-8)17-11(13-9)3-2-4-12(14)15/h5-7H,2-4H2,1H3,(H,14,15). The van der Waals surface area contributed by atoms with E-state index in [-0.39, 0.29) is 6.42 Å². The Morgan fingerprint density at radius 2 is 2.35 bits per heavy atom. The molecule has 90 valence electrons. The van der Waals surface area contributed by atoms with Crippen LogP contribution in [-0.2, 0) is 11.2 Å². The van der Waals surface area contributed by atoms with E-state index in [1.165, 1.54) is 0 Å². The molecule has 0 spiro atoms. The van der Waals surface area contributed by atoms with Crippen molar-refractivity contribution in [2.45, 2.75) is 19.3 Å². The van der Waals surface area contributed by atoms with Crippen molar-refractivity contribution < 1.29 is 14.6 Å². The fourth-order valence-corrected chi connectivity index (χ4v) is 2.61. The van der Waals surface area contributed by atoms with E-state index >= 15 is 0 Å². The van der Waals surface area contributed by atoms with Crippen LogP contribution in [0.25, 0.3) is 10.2 Å². The summed E-state index contributed by atoms with van der Waals surface area (Å²) in [5.74, 6) is 0.0611. The van der Waals surface area contributed by atoms with Crippen LogP contribution < -0.4 is 4.74 Å². The van der Waals surface area contributed by atoms with Crippen molar-refractivity contribution in [2.75, 3.05) is 7.11 Å². The Labute approximate surface area is 103 Å². The van der Waals surface area contributed by atoms with Crippen LogP contribution in [0.15, 0.2) is 18.2 Å². The van der Waals surface area contributed by atoms with Crippen LogP contribution in [0.5, 0.6) is 5.75 Å². The Kier molecular flexibility index (Phi) is 3.58. The van der Waals surface area contributed by atoms with Crippen molar-refractivity contribution in [2.24, 2.45) is 0 Å². The summed E-state index contributed by atoms with van der Waals surface area (Å²) in [6.07, 6.45) is 1.54. The topological polar surface area (TPSA) is 59.4 Å². The zero-order valence-corrected chi connectivity index (χ0v) is 10.3. The molecule has 0 fully saturated rings. The molecule has 1 aromatic carbocycles. The summed E-state index contributed by atoms with van der Waals surface area (Å²) in [6, 6.07) is 5.75. The van der Waals surface area contributed by atoms with Gasteiger partial charge in [0, 0.05) is 6.42 Å². The Hall–Kier alpha value is -1.62. The average molecular weight is 251 g/mol. The van der Waals surface area contributed by atoms with Crippen LogP contribution in [0.2, 0.25) is 0 Å². The van der Waals surface area contributed by atoms with Crippen LogP contribution in [0, 0.1) is 0 Å². The number of carbonyl (C=O) groups is 1. The molecule has 0 saturated heterocycles. The summed E-state index contributed by atoms with van der Waals surface area (Å²) in [5, 5.41) is 9.55. The second kappa shape index (κ2) is 5.14. The molecule has 0 bridgehead atoms. The number of ether oxygens (including phenoxy) is 1. The van der Waals surface area contributed by atoms with E-state index in [0.717, 1.165) is 21.0 Å². The smallest absolute Gasteiger partial charge is 0.303 e. The van der Waals surface area contributed by atoms with Gasteiger partial charge in [0.1, 0.15) is 5.75 Å². The highest BCUT2D eigenvalue weighted by atomic mass is 32.1. The van der Waals surface area contributed by atoms with Gasteiger partial charge in [-0.2, -0.15) is 0 Å². The molecular weight excluding hydrogens is 238 g/mol. The number of aromatic nitrogens is 1. The van der Waals surface area contributed by atoms with Gasteiger partial charge in [0.15, 0.2) is 0 Å². The largest absolute Gasteiger partial charge is 0.497 e. The number of thiazole rings is 1. The van der Waals surface area contributed by atoms with E-state index in [0.29, 0.717) is 12.8 Å². The number of nitrogens with zero attached hydrogens (tertiary/aromatic N) is 1. The van der Waals surface area contributed by atoms with Crippen molar-refractivity contribution in [3.8, 4) is 5.75 Å². The maximum atomic E-state index is 10.4. The molecule has 0 atom stereocenters. The monoisotopic (exact) mass is 251 g/mol. The number of aliphatic carboxylic acids is 1. The molecule has 0 radical (unpaired) electrons. The van der Waals surface area contributed by atoms with Crippen molar-refractivity contribution in [1.82, 2.24) is 4.98 Å². The van der Waals surface area contributed by atoms with E-state index in [9.17, 15) is 4.79 Å². The Bertz CT molecular complexity index is 536. The first-order valence-electron chi connectivity index (χ1n) is 5.34. The Balaban J connectivity index is 2.11. The van der Waals surface area contributed by atoms with E-state index in [2.05, 4.69) is 4.98 Å². The summed E-state index contributed by atoms with van der Waals surface area (Å²) in [5.41, 5.74) is 0.945. The lowest BCUT2D eigenvalue weighted by molar-refractivity contribution is -0.137. The highest BCUT2D eigenvalue weighted by Crippen LogP contribution is 2.26. The first kappa shape index (κ1) is 11.9. The molecule has 5 heteroatoms. The first-order chi connectivity index (χ1) is 8.19. The van der Waals surface area contributed by atoms with Crippen LogP contribution in [0.1, 0.15) is 17.8 Å². The normalized spacial score (nSPS) is 10.6. The van der Waals surface area contributed by atoms with Gasteiger partial charge in [-0.05, 0) is 31.0 Å². The number of hydrogen-bond acceptors (Lipinski definition) is 4. The molecule has 0 aliphatic rings. The second-order valence-electron chi connectivity index (χ2n) is 3.69. The Morgan fingerprint density at radius 1 is 1.53 bits per heavy atom. The quantitative estimate of drug-likeness (QED) is 0.887. The lowest BCUT2D eigenvalue weighted by Gasteiger charge is -1.96. The van der Waals surface area contributed by atoms with Crippen molar-refractivity contribution >= 4 is 27.5 Å². The zero-order chi connectivity index (χ0) is 12.3. The lowest BCUT2D eigenvalue weighted by Crippen LogP contribution is -1.95. The molecule has 1 heterocycles. The summed E-state index contributed by atoms with van der Waals surface area (Å²) >= 11 is 1.59. The van der Waals surface area contributed by atoms with Gasteiger partial charge in [-0.1, -0.05) is 0 Å². The van der Waals surface area contributed by atoms with E-state index < -0.39 is 5.97 Å². The van der Waals surface area contributed by atoms with Gasteiger partial charge in [0.25, 0.3) is 0 Å². The van der Waals surface area contributed by atoms with Crippen molar-refractivity contribution in [1.29, 1.82) is 0 Å². The van der Waals surface area contributed by atoms with Crippen LogP contribution in [0.3, 0.4) is 0 Å². The number of fused-ring (bicyclic) bond motifs is 1. The molecule has 1 N–H and O–H groups in total. The number of carboxylic acids is 1. The third kappa shape index (κ3) is 2.94. The molecule has 0 unspecified atom stereocenters. The molecule has 2 rings (SSSR count). The van der Waals surface area contributed by atoms with Crippen LogP contribution in [0.4, 0.5) is 0 Å². The van der Waals surface area contributed by atoms with Gasteiger partial charge in [-0.3, -0.25) is 4.79 Å². The molecular formula is C12H13NO3S. The number of hydrogen-bond donors (Lipinski definition) is 1. The van der Waals surface area contributed by atoms with Crippen molar-refractivity contribution in [3.05, 3.63) is 23.2 Å². The Morgan fingerprint density at radius 3 is 3.06 bits per heavy atom. The predicted molar refractivity (Wildman–Crippen MR) is 66.7 cm³/mol. The summed E-state index contributed by atoms with van der Waals surface area (Å²) in [4.78, 5) is 14.9. The highest BCUT2D eigenvalue weighted by molar-refractivity contribution is 7.18. The van der Waals surface area contributed by atoms with Gasteiger partial charge in [0.2, 0.25) is 0 Å². The molecule has 2 aromatic rings. The third-order valence-corrected chi connectivity index (χ3v) is 3.50. The minimum atomic E-state index is -0.757. The van der Waals surface area contributed by atoms with Crippen LogP contribution >= 0.6 is 11.3 Å². The predicted octanol–water partition coefficient (Wildman–Crippen LogP) is 2.71. The maximum Gasteiger partial charge on any atom is 0.303 e. The number of rotatable bonds is 5. The zero-order valence-electron chi connectivity index (χ0n) is 9.47. The minimum absolute atomic E-state index is 0.194. The number of benzene rings is 1. The molecule has 1 aromatic heterocycles. The summed E-state index contributed by atoms with van der Waals surface area (Å²) in [7, 11) is 1.63. The van der Waals surface area contributed by atoms with Gasteiger partial charge in [-0.25, -0.2) is 4.98 Å². The molecule has 0 saturated carbocycles. The number of carboxylic acid groups (broad SMARTS) is 1. The van der Waals surface area contributed by atoms with E-state index in [4.69, 9.17) is 9.84 Å². The van der Waals surface area contributed by atoms with E-state index in [1.54, 1.807) is 18.4 Å². The van der Waals surface area contributed by atoms with Gasteiger partial charge < -0.3 is 9.84 Å². The van der Waals surface area contributed by atoms with E-state index in [1.807, 2.05) is 18.2 Å². The molecule has 4 nitrogen and oxygen atoms in total. The molecule has 0 amide bonds. The third-order valence-electron chi connectivity index (χ3n) is 2.42. The number of methoxy groups -OCH3 is 1. The summed E-state index contributed by atoms with van der Waals surface area (Å²) < 4.78 is 6.22. The SMILES string of the molecule is COc1ccc2nc(CCCC(=O)O)sc2c1. The van der Waals surface area contributed by atoms with Crippen LogP contribution in [-0.4, -0.2) is 23.2 Å². The highest BCUT2D eigenvalue weighted by Gasteiger charge is 2.06. The van der Waals surface area contributed by atoms with Crippen molar-refractivity contribution in [3.63, 3.8) is 0 Å². The fraction of sp³-hybridized carbons (Fsp3) is 0.333. The maximum absolute atomic E-state index is 10.4. The van der Waals surface area contributed by atoms with Gasteiger partial charge >= 0.3 is 5.97 Å². The summed E-state index contributed by atoms with van der Waals surface area (Å²) in [6.45, 7) is 0.